The Labute approximate surface area is 111 Å². The van der Waals surface area contributed by atoms with Gasteiger partial charge in [0.05, 0.1) is 5.71 Å². The number of amides is 1. The molecule has 0 radical (unpaired) electrons. The van der Waals surface area contributed by atoms with Crippen LogP contribution in [0.4, 0.5) is 0 Å². The monoisotopic (exact) mass is 269 g/mol. The molecule has 2 rings (SSSR count). The Morgan fingerprint density at radius 2 is 2.33 bits per heavy atom. The Balaban J connectivity index is 2.36. The smallest absolute Gasteiger partial charge is 0.271 e. The quantitative estimate of drug-likeness (QED) is 0.516. The molecule has 0 spiro atoms. The van der Waals surface area contributed by atoms with Gasteiger partial charge in [-0.1, -0.05) is 5.16 Å². The van der Waals surface area contributed by atoms with Crippen LogP contribution in [0.15, 0.2) is 17.4 Å². The highest BCUT2D eigenvalue weighted by Crippen LogP contribution is 2.20. The molecule has 0 bridgehead atoms. The number of oxime groups is 1. The first-order valence-corrected chi connectivity index (χ1v) is 6.44. The summed E-state index contributed by atoms with van der Waals surface area (Å²) in [6.07, 6.45) is 3.12. The van der Waals surface area contributed by atoms with Crippen LogP contribution in [0.3, 0.4) is 0 Å². The maximum Gasteiger partial charge on any atom is 0.271 e. The molecule has 18 heavy (non-hydrogen) atoms. The number of carbonyl (C=O) groups is 1. The minimum absolute atomic E-state index is 0.0266. The van der Waals surface area contributed by atoms with Gasteiger partial charge in [-0.25, -0.2) is 0 Å². The molecule has 1 aliphatic rings. The van der Waals surface area contributed by atoms with Crippen LogP contribution in [-0.4, -0.2) is 45.3 Å². The normalized spacial score (nSPS) is 18.0. The van der Waals surface area contributed by atoms with Crippen molar-refractivity contribution in [3.05, 3.63) is 23.5 Å². The third kappa shape index (κ3) is 2.22. The maximum atomic E-state index is 12.4. The van der Waals surface area contributed by atoms with E-state index in [2.05, 4.69) is 5.16 Å². The van der Waals surface area contributed by atoms with E-state index in [1.165, 1.54) is 0 Å². The molecular weight excluding hydrogens is 254 g/mol. The van der Waals surface area contributed by atoms with Crippen molar-refractivity contribution in [1.82, 2.24) is 9.47 Å². The number of aryl methyl sites for hydroxylation is 1. The zero-order valence-electron chi connectivity index (χ0n) is 10.3. The molecule has 0 aliphatic carbocycles. The lowest BCUT2D eigenvalue weighted by molar-refractivity contribution is 0.0754. The number of nitrogens with zero attached hydrogens (tertiary/aromatic N) is 3. The molecule has 1 aromatic heterocycles. The third-order valence-corrected chi connectivity index (χ3v) is 3.44. The van der Waals surface area contributed by atoms with Crippen molar-refractivity contribution in [2.24, 2.45) is 12.2 Å². The zero-order chi connectivity index (χ0) is 13.1. The molecule has 0 fully saturated rings. The van der Waals surface area contributed by atoms with Gasteiger partial charge in [-0.2, -0.15) is 0 Å². The molecule has 1 N–H and O–H groups in total. The summed E-state index contributed by atoms with van der Waals surface area (Å²) in [5.74, 6) is 0.506. The summed E-state index contributed by atoms with van der Waals surface area (Å²) < 4.78 is 1.77. The van der Waals surface area contributed by atoms with Crippen molar-refractivity contribution in [3.63, 3.8) is 0 Å². The van der Waals surface area contributed by atoms with Crippen molar-refractivity contribution in [1.29, 1.82) is 0 Å². The Morgan fingerprint density at radius 3 is 3.00 bits per heavy atom. The fraction of sp³-hybridized carbons (Fsp3) is 0.500. The van der Waals surface area contributed by atoms with E-state index in [9.17, 15) is 4.79 Å². The predicted molar refractivity (Wildman–Crippen MR) is 69.6 cm³/mol. The Kier molecular flexibility index (Phi) is 3.91. The van der Waals surface area contributed by atoms with Crippen molar-refractivity contribution in [2.45, 2.75) is 12.8 Å². The van der Waals surface area contributed by atoms with E-state index in [-0.39, 0.29) is 5.91 Å². The number of aromatic nitrogens is 1. The lowest BCUT2D eigenvalue weighted by atomic mass is 10.1. The molecule has 2 heterocycles. The maximum absolute atomic E-state index is 12.4. The highest BCUT2D eigenvalue weighted by Gasteiger charge is 2.28. The fourth-order valence-corrected chi connectivity index (χ4v) is 2.34. The first-order valence-electron chi connectivity index (χ1n) is 5.91. The first kappa shape index (κ1) is 13.0. The first-order chi connectivity index (χ1) is 8.69. The van der Waals surface area contributed by atoms with Crippen LogP contribution in [0.2, 0.25) is 0 Å². The summed E-state index contributed by atoms with van der Waals surface area (Å²) in [5, 5.41) is 12.4. The van der Waals surface area contributed by atoms with Crippen molar-refractivity contribution in [3.8, 4) is 0 Å². The SMILES string of the molecule is Cn1ccc2c1C(=O)N(CCCCl)CC/C2=N/O. The number of hydrogen-bond donors (Lipinski definition) is 1. The largest absolute Gasteiger partial charge is 0.411 e. The fourth-order valence-electron chi connectivity index (χ4n) is 2.22. The Hall–Kier alpha value is -1.49. The van der Waals surface area contributed by atoms with Gasteiger partial charge >= 0.3 is 0 Å². The molecule has 1 aromatic rings. The number of halogens is 1. The number of hydrogen-bond acceptors (Lipinski definition) is 3. The van der Waals surface area contributed by atoms with E-state index in [0.717, 1.165) is 12.0 Å². The molecular formula is C12H16ClN3O2. The highest BCUT2D eigenvalue weighted by atomic mass is 35.5. The van der Waals surface area contributed by atoms with Gasteiger partial charge in [0, 0.05) is 44.2 Å². The van der Waals surface area contributed by atoms with E-state index in [1.54, 1.807) is 15.7 Å². The standard InChI is InChI=1S/C12H16ClN3O2/c1-15-7-3-9-10(14-18)4-8-16(6-2-5-13)12(17)11(9)15/h3,7,18H,2,4-6,8H2,1H3/b14-10-. The molecule has 1 aliphatic heterocycles. The summed E-state index contributed by atoms with van der Waals surface area (Å²) in [6, 6.07) is 1.81. The Bertz CT molecular complexity index is 482. The summed E-state index contributed by atoms with van der Waals surface area (Å²) in [4.78, 5) is 14.2. The van der Waals surface area contributed by atoms with Gasteiger partial charge in [0.1, 0.15) is 5.69 Å². The molecule has 5 nitrogen and oxygen atoms in total. The third-order valence-electron chi connectivity index (χ3n) is 3.17. The molecule has 98 valence electrons. The second-order valence-electron chi connectivity index (χ2n) is 4.32. The molecule has 0 saturated heterocycles. The molecule has 0 atom stereocenters. The molecule has 0 saturated carbocycles. The van der Waals surface area contributed by atoms with Gasteiger partial charge in [0.2, 0.25) is 0 Å². The summed E-state index contributed by atoms with van der Waals surface area (Å²) in [5.41, 5.74) is 1.86. The van der Waals surface area contributed by atoms with Crippen LogP contribution in [0.1, 0.15) is 28.9 Å². The van der Waals surface area contributed by atoms with Crippen LogP contribution in [0.5, 0.6) is 0 Å². The topological polar surface area (TPSA) is 57.8 Å². The van der Waals surface area contributed by atoms with E-state index >= 15 is 0 Å². The minimum Gasteiger partial charge on any atom is -0.411 e. The summed E-state index contributed by atoms with van der Waals surface area (Å²) >= 11 is 5.67. The van der Waals surface area contributed by atoms with Crippen LogP contribution in [0.25, 0.3) is 0 Å². The number of alkyl halides is 1. The van der Waals surface area contributed by atoms with Crippen LogP contribution >= 0.6 is 11.6 Å². The molecule has 0 aromatic carbocycles. The number of rotatable bonds is 3. The van der Waals surface area contributed by atoms with E-state index < -0.39 is 0 Å². The summed E-state index contributed by atoms with van der Waals surface area (Å²) in [6.45, 7) is 1.19. The highest BCUT2D eigenvalue weighted by molar-refractivity contribution is 6.17. The van der Waals surface area contributed by atoms with Crippen molar-refractivity contribution in [2.75, 3.05) is 19.0 Å². The van der Waals surface area contributed by atoms with E-state index in [0.29, 0.717) is 36.8 Å². The summed E-state index contributed by atoms with van der Waals surface area (Å²) in [7, 11) is 1.82. The van der Waals surface area contributed by atoms with Crippen molar-refractivity contribution >= 4 is 23.2 Å². The van der Waals surface area contributed by atoms with Crippen LogP contribution in [-0.2, 0) is 7.05 Å². The Morgan fingerprint density at radius 1 is 1.56 bits per heavy atom. The van der Waals surface area contributed by atoms with Gasteiger partial charge in [-0.3, -0.25) is 4.79 Å². The van der Waals surface area contributed by atoms with Crippen LogP contribution < -0.4 is 0 Å². The average molecular weight is 270 g/mol. The second kappa shape index (κ2) is 5.44. The lowest BCUT2D eigenvalue weighted by Gasteiger charge is -2.20. The second-order valence-corrected chi connectivity index (χ2v) is 4.70. The van der Waals surface area contributed by atoms with E-state index in [4.69, 9.17) is 16.8 Å². The predicted octanol–water partition coefficient (Wildman–Crippen LogP) is 1.68. The molecule has 1 amide bonds. The number of carbonyl (C=O) groups excluding carboxylic acids is 1. The van der Waals surface area contributed by atoms with E-state index in [1.807, 2.05) is 13.1 Å². The average Bonchev–Trinajstić information content (AvgIpc) is 2.68. The van der Waals surface area contributed by atoms with Gasteiger partial charge in [-0.15, -0.1) is 11.6 Å². The van der Waals surface area contributed by atoms with Gasteiger partial charge in [-0.05, 0) is 12.5 Å². The van der Waals surface area contributed by atoms with Gasteiger partial charge < -0.3 is 14.7 Å². The molecule has 0 unspecified atom stereocenters. The number of fused-ring (bicyclic) bond motifs is 1. The minimum atomic E-state index is -0.0266. The van der Waals surface area contributed by atoms with Crippen LogP contribution in [0, 0.1) is 0 Å². The molecule has 6 heteroatoms. The lowest BCUT2D eigenvalue weighted by Crippen LogP contribution is -2.33. The van der Waals surface area contributed by atoms with Gasteiger partial charge in [0.15, 0.2) is 0 Å². The van der Waals surface area contributed by atoms with Crippen molar-refractivity contribution < 1.29 is 10.0 Å². The van der Waals surface area contributed by atoms with Gasteiger partial charge in [0.25, 0.3) is 5.91 Å². The zero-order valence-corrected chi connectivity index (χ0v) is 11.0.